The van der Waals surface area contributed by atoms with E-state index >= 15 is 0 Å². The summed E-state index contributed by atoms with van der Waals surface area (Å²) in [5.41, 5.74) is 1.89. The highest BCUT2D eigenvalue weighted by molar-refractivity contribution is 6.16. The maximum Gasteiger partial charge on any atom is 0.309 e. The van der Waals surface area contributed by atoms with Crippen molar-refractivity contribution in [2.75, 3.05) is 13.2 Å². The van der Waals surface area contributed by atoms with E-state index in [1.165, 1.54) is 12.2 Å². The van der Waals surface area contributed by atoms with Gasteiger partial charge in [0, 0.05) is 10.2 Å². The third kappa shape index (κ3) is 17.0. The lowest BCUT2D eigenvalue weighted by Gasteiger charge is -2.03. The zero-order chi connectivity index (χ0) is 13.5. The second-order valence-corrected chi connectivity index (χ2v) is 3.65. The average Bonchev–Trinajstić information content (AvgIpc) is 2.26. The molecule has 0 N–H and O–H groups in total. The zero-order valence-electron chi connectivity index (χ0n) is 10.3. The van der Waals surface area contributed by atoms with Gasteiger partial charge in [-0.25, -0.2) is 0 Å². The van der Waals surface area contributed by atoms with Crippen LogP contribution in [0.5, 0.6) is 0 Å². The predicted octanol–water partition coefficient (Wildman–Crippen LogP) is 0.720. The van der Waals surface area contributed by atoms with Crippen molar-refractivity contribution in [1.29, 1.82) is 0 Å². The van der Waals surface area contributed by atoms with Crippen molar-refractivity contribution in [2.45, 2.75) is 12.8 Å². The monoisotopic (exact) mass is 256 g/mol. The van der Waals surface area contributed by atoms with Gasteiger partial charge in [0.2, 0.25) is 0 Å². The largest absolute Gasteiger partial charge is 0.462 e. The minimum atomic E-state index is -0.375. The van der Waals surface area contributed by atoms with Crippen LogP contribution in [-0.4, -0.2) is 35.4 Å². The predicted molar refractivity (Wildman–Crippen MR) is 71.7 cm³/mol. The Labute approximate surface area is 105 Å². The summed E-state index contributed by atoms with van der Waals surface area (Å²) in [6.07, 6.45) is 3.24. The molecule has 0 aliphatic carbocycles. The molecule has 0 spiro atoms. The fourth-order valence-electron chi connectivity index (χ4n) is 0.665. The highest BCUT2D eigenvalue weighted by Crippen LogP contribution is 1.90. The van der Waals surface area contributed by atoms with E-state index in [4.69, 9.17) is 9.47 Å². The Morgan fingerprint density at radius 3 is 1.47 bits per heavy atom. The molecule has 0 aliphatic heterocycles. The van der Waals surface area contributed by atoms with Gasteiger partial charge >= 0.3 is 11.9 Å². The van der Waals surface area contributed by atoms with E-state index in [1.54, 1.807) is 0 Å². The Hall–Kier alpha value is -1.62. The van der Waals surface area contributed by atoms with Crippen molar-refractivity contribution >= 4 is 22.2 Å². The second-order valence-electron chi connectivity index (χ2n) is 2.83. The normalized spacial score (nSPS) is 8.24. The SMILES string of the molecule is C=CCC(=O)OCCOC(=O)CC=C.C=C[SiH3]. The molecule has 0 amide bonds. The van der Waals surface area contributed by atoms with Gasteiger partial charge in [-0.2, -0.15) is 0 Å². The van der Waals surface area contributed by atoms with Crippen LogP contribution in [0.4, 0.5) is 0 Å². The summed E-state index contributed by atoms with van der Waals surface area (Å²) in [4.78, 5) is 21.5. The molecule has 0 saturated carbocycles. The first kappa shape index (κ1) is 17.8. The second kappa shape index (κ2) is 14.4. The maximum atomic E-state index is 10.8. The number of hydrogen-bond acceptors (Lipinski definition) is 4. The van der Waals surface area contributed by atoms with Crippen molar-refractivity contribution in [3.05, 3.63) is 37.6 Å². The molecule has 17 heavy (non-hydrogen) atoms. The summed E-state index contributed by atoms with van der Waals surface area (Å²) in [7, 11) is 1.13. The van der Waals surface area contributed by atoms with Crippen LogP contribution in [0.3, 0.4) is 0 Å². The van der Waals surface area contributed by atoms with Gasteiger partial charge in [-0.3, -0.25) is 9.59 Å². The average molecular weight is 256 g/mol. The number of rotatable bonds is 7. The molecular formula is C12H20O4Si. The lowest BCUT2D eigenvalue weighted by atomic mass is 10.4. The van der Waals surface area contributed by atoms with Gasteiger partial charge in [0.1, 0.15) is 13.2 Å². The van der Waals surface area contributed by atoms with Gasteiger partial charge in [-0.1, -0.05) is 12.2 Å². The van der Waals surface area contributed by atoms with Crippen LogP contribution < -0.4 is 0 Å². The van der Waals surface area contributed by atoms with Crippen LogP contribution in [-0.2, 0) is 19.1 Å². The number of carbonyl (C=O) groups is 2. The Bertz CT molecular complexity index is 237. The third-order valence-corrected chi connectivity index (χ3v) is 1.23. The first-order valence-electron chi connectivity index (χ1n) is 5.22. The highest BCUT2D eigenvalue weighted by atomic mass is 28.1. The van der Waals surface area contributed by atoms with E-state index in [0.717, 1.165) is 10.2 Å². The number of carbonyl (C=O) groups excluding carboxylic acids is 2. The van der Waals surface area contributed by atoms with Crippen LogP contribution in [0.2, 0.25) is 0 Å². The Kier molecular flexibility index (Phi) is 15.0. The minimum absolute atomic E-state index is 0.0789. The first-order valence-corrected chi connectivity index (χ1v) is 6.37. The molecule has 0 radical (unpaired) electrons. The van der Waals surface area contributed by atoms with Gasteiger partial charge < -0.3 is 9.47 Å². The fraction of sp³-hybridized carbons (Fsp3) is 0.333. The molecule has 0 fully saturated rings. The Balaban J connectivity index is 0. The van der Waals surface area contributed by atoms with E-state index in [-0.39, 0.29) is 38.0 Å². The molecule has 96 valence electrons. The van der Waals surface area contributed by atoms with Gasteiger partial charge in [-0.15, -0.1) is 25.4 Å². The molecule has 5 heteroatoms. The lowest BCUT2D eigenvalue weighted by molar-refractivity contribution is -0.151. The zero-order valence-corrected chi connectivity index (χ0v) is 12.3. The van der Waals surface area contributed by atoms with Crippen molar-refractivity contribution in [3.8, 4) is 0 Å². The number of ether oxygens (including phenoxy) is 2. The summed E-state index contributed by atoms with van der Waals surface area (Å²) in [5.74, 6) is -0.750. The van der Waals surface area contributed by atoms with E-state index in [9.17, 15) is 9.59 Å². The van der Waals surface area contributed by atoms with Crippen LogP contribution in [0.1, 0.15) is 12.8 Å². The summed E-state index contributed by atoms with van der Waals surface area (Å²) in [5, 5.41) is 0. The smallest absolute Gasteiger partial charge is 0.309 e. The van der Waals surface area contributed by atoms with Crippen molar-refractivity contribution in [1.82, 2.24) is 0 Å². The summed E-state index contributed by atoms with van der Waals surface area (Å²) in [6.45, 7) is 10.3. The number of hydrogen-bond donors (Lipinski definition) is 0. The third-order valence-electron chi connectivity index (χ3n) is 1.23. The standard InChI is InChI=1S/C10H14O4.C2H6Si/c1-3-5-9(11)13-7-8-14-10(12)6-4-2;1-2-3/h3-4H,1-2,5-8H2;2H,1H2,3H3. The maximum absolute atomic E-state index is 10.8. The molecule has 0 atom stereocenters. The number of esters is 2. The molecule has 0 aromatic carbocycles. The van der Waals surface area contributed by atoms with Crippen LogP contribution in [0, 0.1) is 0 Å². The summed E-state index contributed by atoms with van der Waals surface area (Å²) < 4.78 is 9.40. The van der Waals surface area contributed by atoms with Crippen LogP contribution in [0.25, 0.3) is 0 Å². The van der Waals surface area contributed by atoms with E-state index < -0.39 is 0 Å². The van der Waals surface area contributed by atoms with Crippen molar-refractivity contribution in [3.63, 3.8) is 0 Å². The minimum Gasteiger partial charge on any atom is -0.462 e. The van der Waals surface area contributed by atoms with Crippen LogP contribution in [0.15, 0.2) is 37.6 Å². The molecule has 0 saturated heterocycles. The fourth-order valence-corrected chi connectivity index (χ4v) is 0.665. The van der Waals surface area contributed by atoms with E-state index in [2.05, 4.69) is 19.7 Å². The van der Waals surface area contributed by atoms with E-state index in [1.807, 2.05) is 5.70 Å². The van der Waals surface area contributed by atoms with Crippen molar-refractivity contribution < 1.29 is 19.1 Å². The molecule has 0 bridgehead atoms. The van der Waals surface area contributed by atoms with Crippen LogP contribution >= 0.6 is 0 Å². The molecule has 0 heterocycles. The van der Waals surface area contributed by atoms with Crippen molar-refractivity contribution in [2.24, 2.45) is 0 Å². The van der Waals surface area contributed by atoms with Gasteiger partial charge in [0.15, 0.2) is 0 Å². The molecule has 0 unspecified atom stereocenters. The van der Waals surface area contributed by atoms with Gasteiger partial charge in [0.25, 0.3) is 0 Å². The lowest BCUT2D eigenvalue weighted by Crippen LogP contribution is -2.12. The summed E-state index contributed by atoms with van der Waals surface area (Å²) in [6, 6.07) is 0. The topological polar surface area (TPSA) is 52.6 Å². The molecule has 0 aromatic heterocycles. The highest BCUT2D eigenvalue weighted by Gasteiger charge is 2.01. The Morgan fingerprint density at radius 1 is 0.941 bits per heavy atom. The molecular weight excluding hydrogens is 236 g/mol. The summed E-state index contributed by atoms with van der Waals surface area (Å²) >= 11 is 0. The van der Waals surface area contributed by atoms with E-state index in [0.29, 0.717) is 0 Å². The molecule has 0 aromatic rings. The Morgan fingerprint density at radius 2 is 1.24 bits per heavy atom. The first-order chi connectivity index (χ1) is 8.12. The molecule has 0 rings (SSSR count). The van der Waals surface area contributed by atoms with Gasteiger partial charge in [-0.05, 0) is 0 Å². The molecule has 0 aliphatic rings. The molecule has 4 nitrogen and oxygen atoms in total. The van der Waals surface area contributed by atoms with Gasteiger partial charge in [0.05, 0.1) is 12.8 Å². The quantitative estimate of drug-likeness (QED) is 0.291.